The number of rotatable bonds is 4. The molecule has 0 amide bonds. The molecule has 0 saturated heterocycles. The zero-order valence-corrected chi connectivity index (χ0v) is 12.1. The molecule has 0 saturated carbocycles. The van der Waals surface area contributed by atoms with Gasteiger partial charge in [-0.05, 0) is 35.4 Å². The molecule has 5 heteroatoms. The highest BCUT2D eigenvalue weighted by Crippen LogP contribution is 2.34. The van der Waals surface area contributed by atoms with Gasteiger partial charge in [0.25, 0.3) is 0 Å². The summed E-state index contributed by atoms with van der Waals surface area (Å²) >= 11 is 3.22. The molecule has 2 unspecified atom stereocenters. The Bertz CT molecular complexity index is 606. The molecule has 0 aliphatic heterocycles. The van der Waals surface area contributed by atoms with Gasteiger partial charge in [0.2, 0.25) is 0 Å². The second-order valence-electron chi connectivity index (χ2n) is 4.51. The van der Waals surface area contributed by atoms with Crippen molar-refractivity contribution in [1.82, 2.24) is 0 Å². The minimum Gasteiger partial charge on any atom is -0.388 e. The molecule has 0 bridgehead atoms. The smallest absolute Gasteiger partial charge is 0.124 e. The Morgan fingerprint density at radius 1 is 1.10 bits per heavy atom. The fourth-order valence-electron chi connectivity index (χ4n) is 2.14. The average Bonchev–Trinajstić information content (AvgIpc) is 2.39. The van der Waals surface area contributed by atoms with E-state index in [1.807, 2.05) is 0 Å². The Hall–Kier alpha value is -1.30. The zero-order chi connectivity index (χ0) is 14.7. The molecular formula is C15H14BrF2NO. The highest BCUT2D eigenvalue weighted by Gasteiger charge is 2.23. The van der Waals surface area contributed by atoms with Gasteiger partial charge in [-0.1, -0.05) is 34.1 Å². The van der Waals surface area contributed by atoms with Crippen LogP contribution in [0.1, 0.15) is 23.1 Å². The third kappa shape index (κ3) is 3.23. The number of aliphatic hydroxyl groups is 1. The van der Waals surface area contributed by atoms with E-state index in [4.69, 9.17) is 5.73 Å². The second-order valence-corrected chi connectivity index (χ2v) is 5.36. The summed E-state index contributed by atoms with van der Waals surface area (Å²) in [5.74, 6) is -1.25. The number of nitrogens with two attached hydrogens (primary N) is 1. The van der Waals surface area contributed by atoms with Crippen molar-refractivity contribution in [2.75, 3.05) is 6.54 Å². The molecule has 2 atom stereocenters. The van der Waals surface area contributed by atoms with Gasteiger partial charge in [0, 0.05) is 16.9 Å². The summed E-state index contributed by atoms with van der Waals surface area (Å²) in [5.41, 5.74) is 6.83. The fourth-order valence-corrected chi connectivity index (χ4v) is 2.73. The fraction of sp³-hybridized carbons (Fsp3) is 0.200. The van der Waals surface area contributed by atoms with Crippen LogP contribution in [0.15, 0.2) is 46.9 Å². The summed E-state index contributed by atoms with van der Waals surface area (Å²) in [4.78, 5) is 0. The van der Waals surface area contributed by atoms with Gasteiger partial charge in [0.15, 0.2) is 0 Å². The summed E-state index contributed by atoms with van der Waals surface area (Å²) in [6.07, 6.45) is -0.947. The monoisotopic (exact) mass is 341 g/mol. The lowest BCUT2D eigenvalue weighted by atomic mass is 9.89. The minimum atomic E-state index is -0.947. The molecule has 3 N–H and O–H groups in total. The summed E-state index contributed by atoms with van der Waals surface area (Å²) in [6, 6.07) is 9.99. The van der Waals surface area contributed by atoms with E-state index < -0.39 is 17.8 Å². The first-order valence-electron chi connectivity index (χ1n) is 6.11. The van der Waals surface area contributed by atoms with Crippen LogP contribution in [0.3, 0.4) is 0 Å². The van der Waals surface area contributed by atoms with Crippen molar-refractivity contribution >= 4 is 15.9 Å². The van der Waals surface area contributed by atoms with E-state index in [1.165, 1.54) is 30.3 Å². The number of hydrogen-bond donors (Lipinski definition) is 2. The molecule has 0 fully saturated rings. The van der Waals surface area contributed by atoms with Gasteiger partial charge in [-0.3, -0.25) is 0 Å². The maximum absolute atomic E-state index is 13.3. The number of benzene rings is 2. The van der Waals surface area contributed by atoms with Crippen LogP contribution < -0.4 is 5.73 Å². The van der Waals surface area contributed by atoms with E-state index >= 15 is 0 Å². The summed E-state index contributed by atoms with van der Waals surface area (Å²) < 4.78 is 26.8. The minimum absolute atomic E-state index is 0.147. The second kappa shape index (κ2) is 6.43. The van der Waals surface area contributed by atoms with Crippen molar-refractivity contribution in [2.24, 2.45) is 5.73 Å². The molecule has 0 aliphatic rings. The number of aliphatic hydroxyl groups excluding tert-OH is 1. The van der Waals surface area contributed by atoms with Gasteiger partial charge in [-0.2, -0.15) is 0 Å². The lowest BCUT2D eigenvalue weighted by Gasteiger charge is -2.23. The van der Waals surface area contributed by atoms with Gasteiger partial charge in [-0.25, -0.2) is 8.78 Å². The zero-order valence-electron chi connectivity index (χ0n) is 10.6. The van der Waals surface area contributed by atoms with Crippen LogP contribution in [0.2, 0.25) is 0 Å². The third-order valence-corrected chi connectivity index (χ3v) is 3.88. The average molecular weight is 342 g/mol. The molecule has 2 aromatic rings. The van der Waals surface area contributed by atoms with Crippen molar-refractivity contribution in [3.63, 3.8) is 0 Å². The first-order valence-corrected chi connectivity index (χ1v) is 6.90. The van der Waals surface area contributed by atoms with Crippen molar-refractivity contribution < 1.29 is 13.9 Å². The maximum atomic E-state index is 13.3. The van der Waals surface area contributed by atoms with Crippen LogP contribution in [0.4, 0.5) is 8.78 Å². The van der Waals surface area contributed by atoms with Crippen LogP contribution in [0.5, 0.6) is 0 Å². The normalized spacial score (nSPS) is 14.1. The van der Waals surface area contributed by atoms with E-state index in [0.29, 0.717) is 15.6 Å². The molecule has 2 aromatic carbocycles. The lowest BCUT2D eigenvalue weighted by molar-refractivity contribution is 0.146. The third-order valence-electron chi connectivity index (χ3n) is 3.19. The first-order chi connectivity index (χ1) is 9.52. The summed E-state index contributed by atoms with van der Waals surface area (Å²) in [7, 11) is 0. The maximum Gasteiger partial charge on any atom is 0.124 e. The molecule has 2 rings (SSSR count). The van der Waals surface area contributed by atoms with Crippen LogP contribution in [0, 0.1) is 11.6 Å². The molecule has 0 aromatic heterocycles. The Morgan fingerprint density at radius 3 is 2.40 bits per heavy atom. The molecule has 0 radical (unpaired) electrons. The van der Waals surface area contributed by atoms with E-state index in [0.717, 1.165) is 0 Å². The SMILES string of the molecule is NCC(c1cccc(F)c1)C(O)c1ccc(F)cc1Br. The van der Waals surface area contributed by atoms with E-state index in [-0.39, 0.29) is 12.4 Å². The van der Waals surface area contributed by atoms with Gasteiger partial charge in [0.1, 0.15) is 11.6 Å². The van der Waals surface area contributed by atoms with Crippen molar-refractivity contribution in [3.05, 3.63) is 69.7 Å². The van der Waals surface area contributed by atoms with Crippen LogP contribution >= 0.6 is 15.9 Å². The molecular weight excluding hydrogens is 328 g/mol. The van der Waals surface area contributed by atoms with E-state index in [2.05, 4.69) is 15.9 Å². The van der Waals surface area contributed by atoms with Crippen LogP contribution in [-0.2, 0) is 0 Å². The molecule has 0 aliphatic carbocycles. The Morgan fingerprint density at radius 2 is 1.80 bits per heavy atom. The molecule has 2 nitrogen and oxygen atoms in total. The Balaban J connectivity index is 2.36. The van der Waals surface area contributed by atoms with Crippen molar-refractivity contribution in [3.8, 4) is 0 Å². The van der Waals surface area contributed by atoms with Crippen LogP contribution in [-0.4, -0.2) is 11.7 Å². The highest BCUT2D eigenvalue weighted by atomic mass is 79.9. The Kier molecular flexibility index (Phi) is 4.86. The largest absolute Gasteiger partial charge is 0.388 e. The van der Waals surface area contributed by atoms with E-state index in [9.17, 15) is 13.9 Å². The molecule has 106 valence electrons. The summed E-state index contributed by atoms with van der Waals surface area (Å²) in [5, 5.41) is 10.4. The predicted molar refractivity (Wildman–Crippen MR) is 77.3 cm³/mol. The molecule has 0 spiro atoms. The number of hydrogen-bond acceptors (Lipinski definition) is 2. The predicted octanol–water partition coefficient (Wildman–Crippen LogP) is 3.50. The standard InChI is InChI=1S/C15H14BrF2NO/c16-14-7-11(18)4-5-12(14)15(20)13(8-19)9-2-1-3-10(17)6-9/h1-7,13,15,20H,8,19H2. The van der Waals surface area contributed by atoms with Gasteiger partial charge in [0.05, 0.1) is 6.10 Å². The van der Waals surface area contributed by atoms with Crippen LogP contribution in [0.25, 0.3) is 0 Å². The highest BCUT2D eigenvalue weighted by molar-refractivity contribution is 9.10. The quantitative estimate of drug-likeness (QED) is 0.893. The summed E-state index contributed by atoms with van der Waals surface area (Å²) in [6.45, 7) is 0.147. The van der Waals surface area contributed by atoms with Gasteiger partial charge < -0.3 is 10.8 Å². The van der Waals surface area contributed by atoms with Gasteiger partial charge >= 0.3 is 0 Å². The molecule has 0 heterocycles. The first kappa shape index (κ1) is 15.1. The van der Waals surface area contributed by atoms with E-state index in [1.54, 1.807) is 12.1 Å². The topological polar surface area (TPSA) is 46.2 Å². The Labute approximate surface area is 124 Å². The lowest BCUT2D eigenvalue weighted by Crippen LogP contribution is -2.20. The van der Waals surface area contributed by atoms with Crippen molar-refractivity contribution in [1.29, 1.82) is 0 Å². The van der Waals surface area contributed by atoms with Crippen molar-refractivity contribution in [2.45, 2.75) is 12.0 Å². The molecule has 20 heavy (non-hydrogen) atoms. The number of halogens is 3. The van der Waals surface area contributed by atoms with Gasteiger partial charge in [-0.15, -0.1) is 0 Å².